The van der Waals surface area contributed by atoms with Crippen molar-refractivity contribution in [2.75, 3.05) is 7.11 Å². The molecule has 4 heteroatoms. The van der Waals surface area contributed by atoms with E-state index in [4.69, 9.17) is 4.74 Å². The molecule has 0 spiro atoms. The lowest BCUT2D eigenvalue weighted by Gasteiger charge is -2.36. The second-order valence-electron chi connectivity index (χ2n) is 7.16. The zero-order valence-corrected chi connectivity index (χ0v) is 14.0. The summed E-state index contributed by atoms with van der Waals surface area (Å²) in [5.74, 6) is 1.66. The first-order valence-corrected chi connectivity index (χ1v) is 8.02. The molecule has 0 aliphatic heterocycles. The molecule has 4 nitrogen and oxygen atoms in total. The van der Waals surface area contributed by atoms with Crippen LogP contribution in [0.4, 0.5) is 0 Å². The minimum atomic E-state index is 0.125. The molecule has 2 rings (SSSR count). The number of hydrogen-bond donors (Lipinski definition) is 0. The summed E-state index contributed by atoms with van der Waals surface area (Å²) in [7, 11) is 1.60. The summed E-state index contributed by atoms with van der Waals surface area (Å²) in [5, 5.41) is 4.25. The van der Waals surface area contributed by atoms with Crippen molar-refractivity contribution in [3.05, 3.63) is 11.9 Å². The fourth-order valence-corrected chi connectivity index (χ4v) is 3.42. The van der Waals surface area contributed by atoms with Gasteiger partial charge in [0.25, 0.3) is 0 Å². The molecule has 1 heterocycles. The average molecular weight is 292 g/mol. The Hall–Kier alpha value is -1.32. The smallest absolute Gasteiger partial charge is 0.187 e. The molecule has 1 aliphatic carbocycles. The van der Waals surface area contributed by atoms with E-state index in [0.29, 0.717) is 23.4 Å². The van der Waals surface area contributed by atoms with Crippen LogP contribution < -0.4 is 4.74 Å². The Balaban J connectivity index is 2.11. The lowest BCUT2D eigenvalue weighted by Crippen LogP contribution is -2.29. The van der Waals surface area contributed by atoms with Crippen LogP contribution in [0.1, 0.15) is 63.9 Å². The zero-order valence-electron chi connectivity index (χ0n) is 14.0. The van der Waals surface area contributed by atoms with Crippen LogP contribution in [0.25, 0.3) is 0 Å². The fourth-order valence-electron chi connectivity index (χ4n) is 3.42. The molecule has 21 heavy (non-hydrogen) atoms. The topological polar surface area (TPSA) is 44.1 Å². The van der Waals surface area contributed by atoms with E-state index >= 15 is 0 Å². The number of aryl methyl sites for hydroxylation is 1. The van der Waals surface area contributed by atoms with E-state index in [2.05, 4.69) is 25.9 Å². The number of methoxy groups -OCH3 is 1. The second-order valence-corrected chi connectivity index (χ2v) is 7.16. The summed E-state index contributed by atoms with van der Waals surface area (Å²) >= 11 is 0. The van der Waals surface area contributed by atoms with E-state index in [1.165, 1.54) is 0 Å². The van der Waals surface area contributed by atoms with Crippen molar-refractivity contribution >= 4 is 5.78 Å². The van der Waals surface area contributed by atoms with Gasteiger partial charge < -0.3 is 4.74 Å². The van der Waals surface area contributed by atoms with Gasteiger partial charge in [0.05, 0.1) is 13.3 Å². The number of hydrogen-bond acceptors (Lipinski definition) is 3. The number of ether oxygens (including phenoxy) is 1. The Morgan fingerprint density at radius 1 is 1.33 bits per heavy atom. The van der Waals surface area contributed by atoms with Gasteiger partial charge in [0.15, 0.2) is 11.5 Å². The third kappa shape index (κ3) is 3.30. The van der Waals surface area contributed by atoms with Gasteiger partial charge in [0.2, 0.25) is 0 Å². The van der Waals surface area contributed by atoms with Crippen LogP contribution >= 0.6 is 0 Å². The third-order valence-electron chi connectivity index (χ3n) is 4.88. The lowest BCUT2D eigenvalue weighted by molar-refractivity contribution is 0.0805. The highest BCUT2D eigenvalue weighted by Crippen LogP contribution is 2.41. The average Bonchev–Trinajstić information content (AvgIpc) is 2.88. The Kier molecular flexibility index (Phi) is 4.74. The molecular formula is C17H28N2O2. The molecule has 0 N–H and O–H groups in total. The van der Waals surface area contributed by atoms with Gasteiger partial charge >= 0.3 is 0 Å². The molecule has 1 fully saturated rings. The Labute approximate surface area is 127 Å². The highest BCUT2D eigenvalue weighted by Gasteiger charge is 2.34. The van der Waals surface area contributed by atoms with Gasteiger partial charge in [-0.15, -0.1) is 0 Å². The second kappa shape index (κ2) is 6.20. The van der Waals surface area contributed by atoms with Crippen molar-refractivity contribution in [3.63, 3.8) is 0 Å². The number of Topliss-reactive ketones (excluding diaryl/α,β-unsaturated/α-hetero) is 1. The summed E-state index contributed by atoms with van der Waals surface area (Å²) in [4.78, 5) is 12.8. The van der Waals surface area contributed by atoms with Crippen molar-refractivity contribution in [3.8, 4) is 5.75 Å². The summed E-state index contributed by atoms with van der Waals surface area (Å²) in [6.45, 7) is 9.60. The highest BCUT2D eigenvalue weighted by molar-refractivity contribution is 5.98. The molecule has 1 aromatic rings. The largest absolute Gasteiger partial charge is 0.493 e. The van der Waals surface area contributed by atoms with Gasteiger partial charge in [-0.2, -0.15) is 5.10 Å². The van der Waals surface area contributed by atoms with Crippen molar-refractivity contribution < 1.29 is 9.53 Å². The van der Waals surface area contributed by atoms with Gasteiger partial charge in [0.1, 0.15) is 5.69 Å². The first kappa shape index (κ1) is 16.1. The van der Waals surface area contributed by atoms with Crippen molar-refractivity contribution in [1.29, 1.82) is 0 Å². The normalized spacial score (nSPS) is 23.1. The van der Waals surface area contributed by atoms with Crippen LogP contribution in [0.3, 0.4) is 0 Å². The molecule has 1 aliphatic rings. The van der Waals surface area contributed by atoms with Crippen LogP contribution in [0.2, 0.25) is 0 Å². The maximum Gasteiger partial charge on any atom is 0.187 e. The number of aromatic nitrogens is 2. The number of rotatable bonds is 4. The van der Waals surface area contributed by atoms with Crippen LogP contribution in [-0.4, -0.2) is 22.7 Å². The summed E-state index contributed by atoms with van der Waals surface area (Å²) in [5.41, 5.74) is 0.996. The number of nitrogens with zero attached hydrogens (tertiary/aromatic N) is 2. The fraction of sp³-hybridized carbons (Fsp3) is 0.765. The molecule has 0 aromatic carbocycles. The van der Waals surface area contributed by atoms with E-state index < -0.39 is 0 Å². The van der Waals surface area contributed by atoms with E-state index in [1.807, 2.05) is 6.92 Å². The summed E-state index contributed by atoms with van der Waals surface area (Å²) < 4.78 is 7.07. The summed E-state index contributed by atoms with van der Waals surface area (Å²) in [6.07, 6.45) is 5.90. The minimum absolute atomic E-state index is 0.125. The molecule has 118 valence electrons. The molecule has 0 radical (unpaired) electrons. The maximum atomic E-state index is 12.8. The van der Waals surface area contributed by atoms with Gasteiger partial charge in [-0.3, -0.25) is 9.48 Å². The Morgan fingerprint density at radius 2 is 1.95 bits per heavy atom. The van der Waals surface area contributed by atoms with Crippen molar-refractivity contribution in [2.24, 2.45) is 17.3 Å². The monoisotopic (exact) mass is 292 g/mol. The van der Waals surface area contributed by atoms with Crippen LogP contribution in [-0.2, 0) is 6.54 Å². The first-order valence-electron chi connectivity index (χ1n) is 8.02. The molecule has 0 saturated heterocycles. The highest BCUT2D eigenvalue weighted by atomic mass is 16.5. The van der Waals surface area contributed by atoms with Crippen LogP contribution in [0.15, 0.2) is 6.20 Å². The van der Waals surface area contributed by atoms with Gasteiger partial charge in [-0.05, 0) is 43.9 Å². The number of ketones is 1. The van der Waals surface area contributed by atoms with E-state index in [0.717, 1.165) is 31.6 Å². The SMILES string of the molecule is CCn1ncc(OC)c1C(=O)C1CCC(C(C)(C)C)CC1. The number of carbonyl (C=O) groups excluding carboxylic acids is 1. The maximum absolute atomic E-state index is 12.8. The van der Waals surface area contributed by atoms with Crippen molar-refractivity contribution in [2.45, 2.75) is 59.9 Å². The molecule has 1 saturated carbocycles. The van der Waals surface area contributed by atoms with E-state index in [9.17, 15) is 4.79 Å². The Bertz CT molecular complexity index is 470. The molecule has 0 amide bonds. The number of carbonyl (C=O) groups is 1. The van der Waals surface area contributed by atoms with Crippen LogP contribution in [0.5, 0.6) is 5.75 Å². The third-order valence-corrected chi connectivity index (χ3v) is 4.88. The van der Waals surface area contributed by atoms with Gasteiger partial charge in [-0.25, -0.2) is 0 Å². The molecule has 1 aromatic heterocycles. The standard InChI is InChI=1S/C17H28N2O2/c1-6-19-15(14(21-5)11-18-19)16(20)12-7-9-13(10-8-12)17(2,3)4/h11-13H,6-10H2,1-5H3. The van der Waals surface area contributed by atoms with E-state index in [-0.39, 0.29) is 11.7 Å². The quantitative estimate of drug-likeness (QED) is 0.789. The predicted octanol–water partition coefficient (Wildman–Crippen LogP) is 3.95. The van der Waals surface area contributed by atoms with E-state index in [1.54, 1.807) is 18.0 Å². The molecule has 0 bridgehead atoms. The molecule has 0 atom stereocenters. The predicted molar refractivity (Wildman–Crippen MR) is 83.7 cm³/mol. The van der Waals surface area contributed by atoms with Crippen molar-refractivity contribution in [1.82, 2.24) is 9.78 Å². The van der Waals surface area contributed by atoms with Crippen LogP contribution in [0, 0.1) is 17.3 Å². The first-order chi connectivity index (χ1) is 9.88. The van der Waals surface area contributed by atoms with Gasteiger partial charge in [-0.1, -0.05) is 20.8 Å². The minimum Gasteiger partial charge on any atom is -0.493 e. The molecular weight excluding hydrogens is 264 g/mol. The lowest BCUT2D eigenvalue weighted by atomic mass is 9.69. The summed E-state index contributed by atoms with van der Waals surface area (Å²) in [6, 6.07) is 0. The Morgan fingerprint density at radius 3 is 2.43 bits per heavy atom. The van der Waals surface area contributed by atoms with Gasteiger partial charge in [0, 0.05) is 12.5 Å². The molecule has 0 unspecified atom stereocenters. The zero-order chi connectivity index (χ0) is 15.6.